The number of nitrogens with one attached hydrogen (secondary N) is 1. The number of ether oxygens (including phenoxy) is 1. The summed E-state index contributed by atoms with van der Waals surface area (Å²) >= 11 is 0. The summed E-state index contributed by atoms with van der Waals surface area (Å²) in [6, 6.07) is 18.4. The number of hydrogen-bond donors (Lipinski definition) is 1. The molecular weight excluding hydrogens is 318 g/mol. The summed E-state index contributed by atoms with van der Waals surface area (Å²) in [5, 5.41) is 3.75. The minimum Gasteiger partial charge on any atom is -0.457 e. The third kappa shape index (κ3) is 4.47. The summed E-state index contributed by atoms with van der Waals surface area (Å²) in [7, 11) is 0. The van der Waals surface area contributed by atoms with Crippen LogP contribution in [0.4, 0.5) is 0 Å². The summed E-state index contributed by atoms with van der Waals surface area (Å²) in [5.41, 5.74) is 1.62. The average Bonchev–Trinajstić information content (AvgIpc) is 3.03. The molecule has 25 heavy (non-hydrogen) atoms. The number of fused-ring (bicyclic) bond motifs is 1. The predicted molar refractivity (Wildman–Crippen MR) is 93.6 cm³/mol. The second-order valence-electron chi connectivity index (χ2n) is 5.78. The maximum atomic E-state index is 12.2. The van der Waals surface area contributed by atoms with Crippen LogP contribution in [-0.4, -0.2) is 11.9 Å². The number of furan rings is 1. The Balaban J connectivity index is 1.62. The summed E-state index contributed by atoms with van der Waals surface area (Å²) < 4.78 is 10.9. The number of hydrogen-bond acceptors (Lipinski definition) is 4. The van der Waals surface area contributed by atoms with Gasteiger partial charge in [0, 0.05) is 12.3 Å². The van der Waals surface area contributed by atoms with Crippen molar-refractivity contribution in [3.8, 4) is 0 Å². The fourth-order valence-electron chi connectivity index (χ4n) is 2.67. The van der Waals surface area contributed by atoms with E-state index in [1.807, 2.05) is 60.7 Å². The molecule has 1 heterocycles. The van der Waals surface area contributed by atoms with Crippen molar-refractivity contribution < 1.29 is 18.7 Å². The zero-order valence-electron chi connectivity index (χ0n) is 13.9. The van der Waals surface area contributed by atoms with Crippen LogP contribution in [0.2, 0.25) is 0 Å². The molecule has 0 aliphatic rings. The van der Waals surface area contributed by atoms with E-state index in [1.165, 1.54) is 6.92 Å². The van der Waals surface area contributed by atoms with Crippen molar-refractivity contribution in [1.29, 1.82) is 0 Å². The third-order valence-corrected chi connectivity index (χ3v) is 3.80. The Morgan fingerprint density at radius 2 is 1.80 bits per heavy atom. The zero-order chi connectivity index (χ0) is 17.6. The summed E-state index contributed by atoms with van der Waals surface area (Å²) in [5.74, 6) is -0.00710. The van der Waals surface area contributed by atoms with E-state index in [2.05, 4.69) is 5.32 Å². The Bertz CT molecular complexity index is 837. The van der Waals surface area contributed by atoms with Gasteiger partial charge in [-0.05, 0) is 17.7 Å². The van der Waals surface area contributed by atoms with Gasteiger partial charge in [-0.1, -0.05) is 48.5 Å². The van der Waals surface area contributed by atoms with E-state index < -0.39 is 12.0 Å². The Kier molecular flexibility index (Phi) is 5.14. The van der Waals surface area contributed by atoms with Gasteiger partial charge in [0.05, 0.1) is 12.5 Å². The molecule has 3 rings (SSSR count). The van der Waals surface area contributed by atoms with Crippen LogP contribution >= 0.6 is 0 Å². The molecule has 0 fully saturated rings. The molecule has 2 aromatic carbocycles. The van der Waals surface area contributed by atoms with Gasteiger partial charge in [0.15, 0.2) is 0 Å². The largest absolute Gasteiger partial charge is 0.457 e. The maximum absolute atomic E-state index is 12.2. The lowest BCUT2D eigenvalue weighted by molar-refractivity contribution is -0.146. The molecule has 0 bridgehead atoms. The zero-order valence-corrected chi connectivity index (χ0v) is 13.9. The summed E-state index contributed by atoms with van der Waals surface area (Å²) in [6.45, 7) is 1.49. The molecule has 0 radical (unpaired) electrons. The number of carbonyl (C=O) groups excluding carboxylic acids is 2. The highest BCUT2D eigenvalue weighted by molar-refractivity contribution is 5.78. The Morgan fingerprint density at radius 3 is 2.52 bits per heavy atom. The van der Waals surface area contributed by atoms with E-state index in [4.69, 9.17) is 9.15 Å². The van der Waals surface area contributed by atoms with Gasteiger partial charge < -0.3 is 14.5 Å². The Hall–Kier alpha value is -3.08. The van der Waals surface area contributed by atoms with Crippen molar-refractivity contribution in [2.45, 2.75) is 26.0 Å². The highest BCUT2D eigenvalue weighted by Crippen LogP contribution is 2.21. The number of carbonyl (C=O) groups is 2. The molecule has 1 unspecified atom stereocenters. The molecule has 1 aromatic heterocycles. The fourth-order valence-corrected chi connectivity index (χ4v) is 2.67. The van der Waals surface area contributed by atoms with Crippen molar-refractivity contribution in [2.24, 2.45) is 0 Å². The van der Waals surface area contributed by atoms with Gasteiger partial charge >= 0.3 is 5.97 Å². The number of para-hydroxylation sites is 1. The predicted octanol–water partition coefficient (Wildman–Crippen LogP) is 3.74. The van der Waals surface area contributed by atoms with Crippen molar-refractivity contribution in [3.05, 3.63) is 72.0 Å². The fraction of sp³-hybridized carbons (Fsp3) is 0.200. The first-order valence-electron chi connectivity index (χ1n) is 8.07. The normalized spacial score (nSPS) is 11.9. The summed E-state index contributed by atoms with van der Waals surface area (Å²) in [6.07, 6.45) is 0.0593. The highest BCUT2D eigenvalue weighted by atomic mass is 16.5. The van der Waals surface area contributed by atoms with Crippen LogP contribution < -0.4 is 5.32 Å². The molecule has 3 aromatic rings. The van der Waals surface area contributed by atoms with Crippen LogP contribution in [0.25, 0.3) is 11.0 Å². The van der Waals surface area contributed by atoms with Crippen molar-refractivity contribution in [3.63, 3.8) is 0 Å². The van der Waals surface area contributed by atoms with E-state index in [1.54, 1.807) is 0 Å². The number of rotatable bonds is 6. The lowest BCUT2D eigenvalue weighted by atomic mass is 10.0. The third-order valence-electron chi connectivity index (χ3n) is 3.80. The first-order chi connectivity index (χ1) is 12.1. The van der Waals surface area contributed by atoms with Crippen LogP contribution in [0, 0.1) is 0 Å². The van der Waals surface area contributed by atoms with Gasteiger partial charge in [0.2, 0.25) is 5.91 Å². The molecule has 1 N–H and O–H groups in total. The molecule has 0 aliphatic carbocycles. The van der Waals surface area contributed by atoms with E-state index in [0.717, 1.165) is 16.5 Å². The SMILES string of the molecule is CC(=O)NC(CC(=O)OCc1cc2ccccc2o1)c1ccccc1. The van der Waals surface area contributed by atoms with Crippen LogP contribution in [0.5, 0.6) is 0 Å². The van der Waals surface area contributed by atoms with Gasteiger partial charge in [-0.15, -0.1) is 0 Å². The first kappa shape index (κ1) is 16.8. The maximum Gasteiger partial charge on any atom is 0.308 e. The van der Waals surface area contributed by atoms with Crippen LogP contribution in [0.3, 0.4) is 0 Å². The molecule has 5 heteroatoms. The van der Waals surface area contributed by atoms with Crippen LogP contribution in [-0.2, 0) is 20.9 Å². The van der Waals surface area contributed by atoms with E-state index in [-0.39, 0.29) is 18.9 Å². The molecule has 0 spiro atoms. The van der Waals surface area contributed by atoms with Crippen LogP contribution in [0.15, 0.2) is 65.1 Å². The minimum atomic E-state index is -0.415. The second kappa shape index (κ2) is 7.66. The molecule has 5 nitrogen and oxygen atoms in total. The molecule has 0 aliphatic heterocycles. The number of esters is 1. The topological polar surface area (TPSA) is 68.5 Å². The molecule has 1 atom stereocenters. The highest BCUT2D eigenvalue weighted by Gasteiger charge is 2.18. The summed E-state index contributed by atoms with van der Waals surface area (Å²) in [4.78, 5) is 23.6. The van der Waals surface area contributed by atoms with E-state index in [0.29, 0.717) is 5.76 Å². The van der Waals surface area contributed by atoms with Crippen molar-refractivity contribution in [1.82, 2.24) is 5.32 Å². The van der Waals surface area contributed by atoms with Crippen LogP contribution in [0.1, 0.15) is 30.7 Å². The van der Waals surface area contributed by atoms with Gasteiger partial charge in [-0.25, -0.2) is 0 Å². The smallest absolute Gasteiger partial charge is 0.308 e. The molecular formula is C20H19NO4. The molecule has 1 amide bonds. The molecule has 0 saturated heterocycles. The van der Waals surface area contributed by atoms with Crippen molar-refractivity contribution in [2.75, 3.05) is 0 Å². The average molecular weight is 337 g/mol. The lowest BCUT2D eigenvalue weighted by Gasteiger charge is -2.17. The monoisotopic (exact) mass is 337 g/mol. The van der Waals surface area contributed by atoms with Gasteiger partial charge in [0.1, 0.15) is 18.0 Å². The Labute approximate surface area is 145 Å². The lowest BCUT2D eigenvalue weighted by Crippen LogP contribution is -2.28. The van der Waals surface area contributed by atoms with Gasteiger partial charge in [-0.2, -0.15) is 0 Å². The first-order valence-corrected chi connectivity index (χ1v) is 8.07. The number of benzene rings is 2. The molecule has 128 valence electrons. The molecule has 0 saturated carbocycles. The number of amides is 1. The van der Waals surface area contributed by atoms with E-state index in [9.17, 15) is 9.59 Å². The van der Waals surface area contributed by atoms with Gasteiger partial charge in [0.25, 0.3) is 0 Å². The van der Waals surface area contributed by atoms with Crippen molar-refractivity contribution >= 4 is 22.8 Å². The quantitative estimate of drug-likeness (QED) is 0.696. The minimum absolute atomic E-state index is 0.0593. The van der Waals surface area contributed by atoms with E-state index >= 15 is 0 Å². The Morgan fingerprint density at radius 1 is 1.08 bits per heavy atom. The standard InChI is InChI=1S/C20H19NO4/c1-14(22)21-18(15-7-3-2-4-8-15)12-20(23)24-13-17-11-16-9-5-6-10-19(16)25-17/h2-11,18H,12-13H2,1H3,(H,21,22). The van der Waals surface area contributed by atoms with Gasteiger partial charge in [-0.3, -0.25) is 9.59 Å². The second-order valence-corrected chi connectivity index (χ2v) is 5.78.